The van der Waals surface area contributed by atoms with Gasteiger partial charge in [-0.25, -0.2) is 0 Å². The Morgan fingerprint density at radius 1 is 0.778 bits per heavy atom. The van der Waals surface area contributed by atoms with E-state index in [2.05, 4.69) is 82.4 Å². The zero-order valence-electron chi connectivity index (χ0n) is 30.5. The van der Waals surface area contributed by atoms with E-state index in [1.54, 1.807) is 6.07 Å². The summed E-state index contributed by atoms with van der Waals surface area (Å²) in [6, 6.07) is 30.0. The molecule has 54 heavy (non-hydrogen) atoms. The first-order chi connectivity index (χ1) is 26.3. The van der Waals surface area contributed by atoms with Crippen LogP contribution in [0.3, 0.4) is 0 Å². The summed E-state index contributed by atoms with van der Waals surface area (Å²) in [6.07, 6.45) is 3.89. The predicted molar refractivity (Wildman–Crippen MR) is 207 cm³/mol. The number of phenolic OH excluding ortho intramolecular Hbond substituents is 1. The van der Waals surface area contributed by atoms with Gasteiger partial charge in [0, 0.05) is 50.0 Å². The fourth-order valence-corrected chi connectivity index (χ4v) is 9.75. The SMILES string of the molecule is C=C1CCC(N2C(=O)c3ccc(N4C[C@H]5CN(CCCOc6ccc([C@@H]7c8ccc(O)cc8CC[C@@H]7c7ccccc7)cc6)C[C@H]5C4)cc3C2=O)C(=O)N1. The molecule has 1 aliphatic carbocycles. The molecule has 5 aliphatic rings. The second-order valence-electron chi connectivity index (χ2n) is 15.7. The van der Waals surface area contributed by atoms with Crippen LogP contribution >= 0.6 is 0 Å². The Kier molecular flexibility index (Phi) is 8.97. The van der Waals surface area contributed by atoms with E-state index in [-0.39, 0.29) is 17.7 Å². The van der Waals surface area contributed by atoms with Crippen LogP contribution in [0.1, 0.15) is 80.5 Å². The number of hydrogen-bond acceptors (Lipinski definition) is 7. The monoisotopic (exact) mass is 722 g/mol. The number of ether oxygens (including phenoxy) is 1. The van der Waals surface area contributed by atoms with Crippen molar-refractivity contribution >= 4 is 23.4 Å². The molecule has 0 radical (unpaired) electrons. The van der Waals surface area contributed by atoms with Crippen LogP contribution in [0.25, 0.3) is 0 Å². The van der Waals surface area contributed by atoms with E-state index in [0.717, 1.165) is 68.3 Å². The molecule has 0 bridgehead atoms. The molecule has 9 heteroatoms. The molecule has 4 aliphatic heterocycles. The molecule has 9 rings (SSSR count). The third kappa shape index (κ3) is 6.34. The van der Waals surface area contributed by atoms with E-state index in [4.69, 9.17) is 4.74 Å². The molecule has 2 N–H and O–H groups in total. The van der Waals surface area contributed by atoms with Crippen LogP contribution in [0.15, 0.2) is 103 Å². The van der Waals surface area contributed by atoms with Crippen LogP contribution in [0, 0.1) is 11.8 Å². The van der Waals surface area contributed by atoms with Gasteiger partial charge in [-0.05, 0) is 115 Å². The highest BCUT2D eigenvalue weighted by Gasteiger charge is 2.45. The molecular formula is C45H46N4O5. The number of carbonyl (C=O) groups excluding carboxylic acids is 3. The Morgan fingerprint density at radius 2 is 1.54 bits per heavy atom. The number of allylic oxidation sites excluding steroid dienone is 1. The number of imide groups is 1. The fourth-order valence-electron chi connectivity index (χ4n) is 9.75. The van der Waals surface area contributed by atoms with Crippen molar-refractivity contribution in [1.82, 2.24) is 15.1 Å². The van der Waals surface area contributed by atoms with Crippen molar-refractivity contribution in [3.05, 3.63) is 137 Å². The standard InChI is InChI=1S/C45H46N4O5/c1-28-8-19-41(43(51)46-28)49-44(52)39-17-12-34(23-40(39)45(49)53)48-26-32-24-47(25-33(32)27-48)20-5-21-54-36-14-9-30(10-15-36)42-37(29-6-3-2-4-7-29)16-11-31-22-35(50)13-18-38(31)42/h2-4,6-7,9-10,12-15,17-18,22-23,32-33,37,41-42,50H,1,5,8,11,16,19-21,24-27H2,(H,46,51)/t32-,33+,37-,41?,42+/m1/s1. The Hall–Kier alpha value is -5.41. The molecule has 0 aromatic heterocycles. The molecule has 4 heterocycles. The number of piperidine rings is 1. The minimum atomic E-state index is -0.801. The van der Waals surface area contributed by atoms with Crippen molar-refractivity contribution in [3.63, 3.8) is 0 Å². The smallest absolute Gasteiger partial charge is 0.262 e. The number of benzene rings is 4. The largest absolute Gasteiger partial charge is 0.508 e. The van der Waals surface area contributed by atoms with E-state index in [9.17, 15) is 19.5 Å². The zero-order chi connectivity index (χ0) is 36.9. The maximum absolute atomic E-state index is 13.4. The van der Waals surface area contributed by atoms with Crippen molar-refractivity contribution in [2.45, 2.75) is 50.0 Å². The molecule has 0 saturated carbocycles. The summed E-state index contributed by atoms with van der Waals surface area (Å²) >= 11 is 0. The van der Waals surface area contributed by atoms with Crippen molar-refractivity contribution < 1.29 is 24.2 Å². The number of nitrogens with one attached hydrogen (secondary N) is 1. The molecule has 4 aromatic rings. The number of anilines is 1. The zero-order valence-corrected chi connectivity index (χ0v) is 30.5. The lowest BCUT2D eigenvalue weighted by Gasteiger charge is -2.34. The normalized spacial score (nSPS) is 25.1. The maximum Gasteiger partial charge on any atom is 0.262 e. The van der Waals surface area contributed by atoms with Crippen LogP contribution in [-0.4, -0.2) is 78.0 Å². The van der Waals surface area contributed by atoms with Crippen molar-refractivity contribution in [1.29, 1.82) is 0 Å². The summed E-state index contributed by atoms with van der Waals surface area (Å²) in [7, 11) is 0. The number of rotatable bonds is 9. The molecule has 3 fully saturated rings. The Balaban J connectivity index is 0.770. The minimum Gasteiger partial charge on any atom is -0.508 e. The summed E-state index contributed by atoms with van der Waals surface area (Å²) in [5, 5.41) is 12.9. The number of carbonyl (C=O) groups is 3. The first kappa shape index (κ1) is 34.4. The van der Waals surface area contributed by atoms with E-state index in [0.29, 0.717) is 59.8 Å². The number of amides is 3. The Labute approximate surface area is 316 Å². The summed E-state index contributed by atoms with van der Waals surface area (Å²) in [5.41, 5.74) is 7.48. The molecule has 0 spiro atoms. The number of aromatic hydroxyl groups is 1. The highest BCUT2D eigenvalue weighted by molar-refractivity contribution is 6.23. The van der Waals surface area contributed by atoms with Gasteiger partial charge in [0.15, 0.2) is 0 Å². The van der Waals surface area contributed by atoms with Crippen LogP contribution in [-0.2, 0) is 11.2 Å². The Morgan fingerprint density at radius 3 is 2.30 bits per heavy atom. The van der Waals surface area contributed by atoms with Gasteiger partial charge in [-0.15, -0.1) is 0 Å². The Bertz CT molecular complexity index is 2100. The topological polar surface area (TPSA) is 102 Å². The lowest BCUT2D eigenvalue weighted by molar-refractivity contribution is -0.125. The number of aryl methyl sites for hydroxylation is 1. The van der Waals surface area contributed by atoms with E-state index in [1.807, 2.05) is 24.3 Å². The van der Waals surface area contributed by atoms with Gasteiger partial charge in [-0.2, -0.15) is 0 Å². The number of hydrogen-bond donors (Lipinski definition) is 2. The summed E-state index contributed by atoms with van der Waals surface area (Å²) < 4.78 is 6.23. The highest BCUT2D eigenvalue weighted by atomic mass is 16.5. The first-order valence-electron chi connectivity index (χ1n) is 19.4. The second-order valence-corrected chi connectivity index (χ2v) is 15.7. The van der Waals surface area contributed by atoms with Crippen molar-refractivity contribution in [2.75, 3.05) is 44.2 Å². The molecule has 3 amide bonds. The fraction of sp³-hybridized carbons (Fsp3) is 0.356. The summed E-state index contributed by atoms with van der Waals surface area (Å²) in [5.74, 6) is 1.77. The molecular weight excluding hydrogens is 677 g/mol. The average molecular weight is 723 g/mol. The molecule has 5 atom stereocenters. The third-order valence-corrected chi connectivity index (χ3v) is 12.4. The van der Waals surface area contributed by atoms with Gasteiger partial charge in [0.25, 0.3) is 11.8 Å². The van der Waals surface area contributed by atoms with Crippen LogP contribution in [0.5, 0.6) is 11.5 Å². The molecule has 276 valence electrons. The molecule has 1 unspecified atom stereocenters. The summed E-state index contributed by atoms with van der Waals surface area (Å²) in [6.45, 7) is 9.37. The number of nitrogens with zero attached hydrogens (tertiary/aromatic N) is 3. The average Bonchev–Trinajstić information content (AvgIpc) is 3.83. The van der Waals surface area contributed by atoms with Crippen molar-refractivity contribution in [2.24, 2.45) is 11.8 Å². The number of phenols is 1. The van der Waals surface area contributed by atoms with Gasteiger partial charge in [0.1, 0.15) is 17.5 Å². The van der Waals surface area contributed by atoms with Gasteiger partial charge in [0.05, 0.1) is 17.7 Å². The van der Waals surface area contributed by atoms with Gasteiger partial charge in [-0.1, -0.05) is 55.1 Å². The maximum atomic E-state index is 13.4. The van der Waals surface area contributed by atoms with Gasteiger partial charge < -0.3 is 25.0 Å². The number of likely N-dealkylation sites (tertiary alicyclic amines) is 1. The molecule has 9 nitrogen and oxygen atoms in total. The van der Waals surface area contributed by atoms with E-state index >= 15 is 0 Å². The lowest BCUT2D eigenvalue weighted by Crippen LogP contribution is -2.51. The minimum absolute atomic E-state index is 0.216. The van der Waals surface area contributed by atoms with Gasteiger partial charge in [0.2, 0.25) is 5.91 Å². The second kappa shape index (κ2) is 14.1. The van der Waals surface area contributed by atoms with Gasteiger partial charge in [-0.3, -0.25) is 19.3 Å². The number of fused-ring (bicyclic) bond motifs is 3. The van der Waals surface area contributed by atoms with Gasteiger partial charge >= 0.3 is 0 Å². The van der Waals surface area contributed by atoms with Crippen LogP contribution in [0.2, 0.25) is 0 Å². The van der Waals surface area contributed by atoms with Crippen LogP contribution < -0.4 is 15.0 Å². The van der Waals surface area contributed by atoms with Crippen molar-refractivity contribution in [3.8, 4) is 11.5 Å². The van der Waals surface area contributed by atoms with Crippen LogP contribution in [0.4, 0.5) is 5.69 Å². The first-order valence-corrected chi connectivity index (χ1v) is 19.4. The lowest BCUT2D eigenvalue weighted by atomic mass is 9.69. The molecule has 4 aromatic carbocycles. The highest BCUT2D eigenvalue weighted by Crippen LogP contribution is 2.47. The quantitative estimate of drug-likeness (QED) is 0.151. The molecule has 3 saturated heterocycles. The third-order valence-electron chi connectivity index (χ3n) is 12.4. The van der Waals surface area contributed by atoms with E-state index < -0.39 is 11.9 Å². The van der Waals surface area contributed by atoms with E-state index in [1.165, 1.54) is 22.3 Å². The predicted octanol–water partition coefficient (Wildman–Crippen LogP) is 6.48. The summed E-state index contributed by atoms with van der Waals surface area (Å²) in [4.78, 5) is 45.2.